The summed E-state index contributed by atoms with van der Waals surface area (Å²) < 4.78 is 50.6. The van der Waals surface area contributed by atoms with Crippen LogP contribution in [0, 0.1) is 5.82 Å². The smallest absolute Gasteiger partial charge is 0.748 e. The van der Waals surface area contributed by atoms with E-state index in [1.54, 1.807) is 0 Å². The van der Waals surface area contributed by atoms with Crippen LogP contribution < -0.4 is 34.5 Å². The van der Waals surface area contributed by atoms with Crippen LogP contribution in [0.5, 0.6) is 0 Å². The summed E-state index contributed by atoms with van der Waals surface area (Å²) in [7, 11) is -4.40. The number of hydrogen-bond acceptors (Lipinski definition) is 5. The van der Waals surface area contributed by atoms with E-state index in [-0.39, 0.29) is 35.1 Å². The van der Waals surface area contributed by atoms with Gasteiger partial charge in [-0.05, 0) is 23.8 Å². The largest absolute Gasteiger partial charge is 1.00 e. The van der Waals surface area contributed by atoms with Gasteiger partial charge in [-0.2, -0.15) is 0 Å². The summed E-state index contributed by atoms with van der Waals surface area (Å²) in [4.78, 5) is 1.90. The first-order valence-electron chi connectivity index (χ1n) is 5.50. The first-order chi connectivity index (χ1) is 8.44. The van der Waals surface area contributed by atoms with Gasteiger partial charge in [0.15, 0.2) is 0 Å². The molecule has 0 unspecified atom stereocenters. The van der Waals surface area contributed by atoms with Gasteiger partial charge in [0.05, 0.1) is 29.1 Å². The first-order valence-corrected chi connectivity index (χ1v) is 7.07. The van der Waals surface area contributed by atoms with Gasteiger partial charge >= 0.3 is 29.6 Å². The molecule has 0 N–H and O–H groups in total. The van der Waals surface area contributed by atoms with E-state index in [0.717, 1.165) is 6.07 Å². The molecule has 0 aromatic heterocycles. The Morgan fingerprint density at radius 3 is 2.47 bits per heavy atom. The molecular formula is C11H13FNNaO4S. The Bertz CT molecular complexity index is 531. The standard InChI is InChI=1S/C11H14FNO4S.Na/c12-10-5-9(8-18(14,15)16)6-11(7-10)13-1-3-17-4-2-13;/h5-7H,1-4,8H2,(H,14,15,16);/q;+1/p-1. The van der Waals surface area contributed by atoms with Gasteiger partial charge in [-0.25, -0.2) is 12.8 Å². The quantitative estimate of drug-likeness (QED) is 0.464. The average molecular weight is 297 g/mol. The molecule has 5 nitrogen and oxygen atoms in total. The SMILES string of the molecule is O=S(=O)([O-])Cc1cc(F)cc(N2CCOCC2)c1.[Na+]. The molecule has 0 radical (unpaired) electrons. The minimum Gasteiger partial charge on any atom is -0.748 e. The maximum absolute atomic E-state index is 13.4. The number of anilines is 1. The van der Waals surface area contributed by atoms with Crippen molar-refractivity contribution in [3.63, 3.8) is 0 Å². The molecule has 1 aromatic rings. The molecule has 19 heavy (non-hydrogen) atoms. The molecule has 100 valence electrons. The van der Waals surface area contributed by atoms with Crippen LogP contribution in [0.3, 0.4) is 0 Å². The van der Waals surface area contributed by atoms with Crippen LogP contribution >= 0.6 is 0 Å². The van der Waals surface area contributed by atoms with Crippen LogP contribution in [0.4, 0.5) is 10.1 Å². The molecule has 0 atom stereocenters. The molecule has 0 bridgehead atoms. The predicted octanol–water partition coefficient (Wildman–Crippen LogP) is -2.29. The summed E-state index contributed by atoms with van der Waals surface area (Å²) in [6, 6.07) is 3.93. The van der Waals surface area contributed by atoms with Crippen LogP contribution in [-0.2, 0) is 20.6 Å². The van der Waals surface area contributed by atoms with Crippen molar-refractivity contribution < 1.29 is 51.7 Å². The van der Waals surface area contributed by atoms with Crippen molar-refractivity contribution in [2.24, 2.45) is 0 Å². The fourth-order valence-corrected chi connectivity index (χ4v) is 2.50. The molecule has 1 fully saturated rings. The van der Waals surface area contributed by atoms with Crippen molar-refractivity contribution in [1.29, 1.82) is 0 Å². The second-order valence-corrected chi connectivity index (χ2v) is 5.52. The zero-order chi connectivity index (χ0) is 13.2. The molecule has 1 heterocycles. The Labute approximate surface area is 133 Å². The zero-order valence-corrected chi connectivity index (χ0v) is 13.5. The summed E-state index contributed by atoms with van der Waals surface area (Å²) in [5.74, 6) is -1.24. The topological polar surface area (TPSA) is 69.7 Å². The molecule has 0 saturated carbocycles. The third kappa shape index (κ3) is 5.37. The van der Waals surface area contributed by atoms with Gasteiger partial charge in [-0.1, -0.05) is 0 Å². The molecule has 8 heteroatoms. The van der Waals surface area contributed by atoms with E-state index < -0.39 is 21.7 Å². The van der Waals surface area contributed by atoms with Crippen molar-refractivity contribution >= 4 is 15.8 Å². The van der Waals surface area contributed by atoms with Gasteiger partial charge in [0.25, 0.3) is 0 Å². The van der Waals surface area contributed by atoms with E-state index in [1.165, 1.54) is 12.1 Å². The minimum atomic E-state index is -4.40. The molecular weight excluding hydrogens is 284 g/mol. The van der Waals surface area contributed by atoms with Gasteiger partial charge in [-0.3, -0.25) is 0 Å². The van der Waals surface area contributed by atoms with Crippen LogP contribution in [0.1, 0.15) is 5.56 Å². The number of halogens is 1. The Kier molecular flexibility index (Phi) is 6.22. The van der Waals surface area contributed by atoms with E-state index in [4.69, 9.17) is 4.74 Å². The molecule has 0 spiro atoms. The molecule has 0 amide bonds. The Balaban J connectivity index is 0.00000180. The zero-order valence-electron chi connectivity index (χ0n) is 10.6. The number of ether oxygens (including phenoxy) is 1. The maximum atomic E-state index is 13.4. The van der Waals surface area contributed by atoms with Crippen LogP contribution in [-0.4, -0.2) is 39.3 Å². The normalized spacial score (nSPS) is 16.0. The van der Waals surface area contributed by atoms with E-state index in [0.29, 0.717) is 32.0 Å². The number of benzene rings is 1. The first kappa shape index (κ1) is 16.9. The molecule has 2 rings (SSSR count). The molecule has 1 aliphatic rings. The summed E-state index contributed by atoms with van der Waals surface area (Å²) in [5.41, 5.74) is 0.753. The Morgan fingerprint density at radius 2 is 1.89 bits per heavy atom. The summed E-state index contributed by atoms with van der Waals surface area (Å²) >= 11 is 0. The van der Waals surface area contributed by atoms with Gasteiger partial charge in [0, 0.05) is 18.8 Å². The molecule has 1 aromatic carbocycles. The van der Waals surface area contributed by atoms with Gasteiger partial charge in [0.2, 0.25) is 0 Å². The van der Waals surface area contributed by atoms with Crippen LogP contribution in [0.25, 0.3) is 0 Å². The maximum Gasteiger partial charge on any atom is 1.00 e. The van der Waals surface area contributed by atoms with Crippen molar-refractivity contribution in [3.05, 3.63) is 29.6 Å². The summed E-state index contributed by atoms with van der Waals surface area (Å²) in [6.45, 7) is 2.33. The minimum absolute atomic E-state index is 0. The summed E-state index contributed by atoms with van der Waals surface area (Å²) in [6.07, 6.45) is 0. The van der Waals surface area contributed by atoms with Crippen molar-refractivity contribution in [2.45, 2.75) is 5.75 Å². The molecule has 1 aliphatic heterocycles. The summed E-state index contributed by atoms with van der Waals surface area (Å²) in [5, 5.41) is 0. The van der Waals surface area contributed by atoms with Gasteiger partial charge in [-0.15, -0.1) is 0 Å². The Morgan fingerprint density at radius 1 is 1.26 bits per heavy atom. The van der Waals surface area contributed by atoms with Gasteiger partial charge < -0.3 is 14.2 Å². The number of morpholine rings is 1. The van der Waals surface area contributed by atoms with Crippen molar-refractivity contribution in [2.75, 3.05) is 31.2 Å². The molecule has 0 aliphatic carbocycles. The van der Waals surface area contributed by atoms with E-state index in [1.807, 2.05) is 4.90 Å². The van der Waals surface area contributed by atoms with Crippen molar-refractivity contribution in [1.82, 2.24) is 0 Å². The predicted molar refractivity (Wildman–Crippen MR) is 62.8 cm³/mol. The second-order valence-electron chi connectivity index (χ2n) is 4.12. The molecule has 1 saturated heterocycles. The third-order valence-electron chi connectivity index (χ3n) is 2.66. The number of rotatable bonds is 3. The number of nitrogens with zero attached hydrogens (tertiary/aromatic N) is 1. The van der Waals surface area contributed by atoms with Crippen LogP contribution in [0.15, 0.2) is 18.2 Å². The van der Waals surface area contributed by atoms with Crippen molar-refractivity contribution in [3.8, 4) is 0 Å². The van der Waals surface area contributed by atoms with E-state index in [9.17, 15) is 17.4 Å². The fourth-order valence-electron chi connectivity index (χ4n) is 1.92. The monoisotopic (exact) mass is 297 g/mol. The average Bonchev–Trinajstić information content (AvgIpc) is 2.27. The third-order valence-corrected chi connectivity index (χ3v) is 3.35. The Hall–Kier alpha value is -0.180. The number of hydrogen-bond donors (Lipinski definition) is 0. The second kappa shape index (κ2) is 7.01. The van der Waals surface area contributed by atoms with Crippen LogP contribution in [0.2, 0.25) is 0 Å². The van der Waals surface area contributed by atoms with E-state index in [2.05, 4.69) is 0 Å². The van der Waals surface area contributed by atoms with E-state index >= 15 is 0 Å². The fraction of sp³-hybridized carbons (Fsp3) is 0.455. The van der Waals surface area contributed by atoms with Gasteiger partial charge in [0.1, 0.15) is 5.82 Å².